The first-order valence-electron chi connectivity index (χ1n) is 7.35. The highest BCUT2D eigenvalue weighted by atomic mass is 16.5. The highest BCUT2D eigenvalue weighted by Gasteiger charge is 2.21. The van der Waals surface area contributed by atoms with Crippen LogP contribution in [0.2, 0.25) is 0 Å². The fourth-order valence-electron chi connectivity index (χ4n) is 2.52. The van der Waals surface area contributed by atoms with E-state index in [1.54, 1.807) is 12.1 Å². The molecule has 1 unspecified atom stereocenters. The van der Waals surface area contributed by atoms with Crippen molar-refractivity contribution in [3.8, 4) is 0 Å². The van der Waals surface area contributed by atoms with Crippen molar-refractivity contribution in [2.24, 2.45) is 0 Å². The number of hydrogen-bond acceptors (Lipinski definition) is 4. The van der Waals surface area contributed by atoms with Gasteiger partial charge < -0.3 is 15.4 Å². The minimum atomic E-state index is -0.442. The van der Waals surface area contributed by atoms with Crippen molar-refractivity contribution in [1.82, 2.24) is 5.32 Å². The molecule has 1 heterocycles. The third-order valence-electron chi connectivity index (χ3n) is 3.72. The van der Waals surface area contributed by atoms with Gasteiger partial charge in [0.1, 0.15) is 0 Å². The molecule has 0 spiro atoms. The number of carbonyl (C=O) groups excluding carboxylic acids is 2. The Balaban J connectivity index is 2.14. The zero-order valence-electron chi connectivity index (χ0n) is 12.6. The number of ether oxygens (including phenoxy) is 1. The van der Waals surface area contributed by atoms with Gasteiger partial charge in [0, 0.05) is 0 Å². The Bertz CT molecular complexity index is 520. The zero-order chi connectivity index (χ0) is 15.2. The summed E-state index contributed by atoms with van der Waals surface area (Å²) in [7, 11) is 1.34. The average Bonchev–Trinajstić information content (AvgIpc) is 2.77. The van der Waals surface area contributed by atoms with Crippen molar-refractivity contribution in [2.45, 2.75) is 38.6 Å². The smallest absolute Gasteiger partial charge is 0.339 e. The van der Waals surface area contributed by atoms with Gasteiger partial charge in [0.15, 0.2) is 0 Å². The molecule has 0 aromatic heterocycles. The van der Waals surface area contributed by atoms with Gasteiger partial charge in [-0.2, -0.15) is 0 Å². The predicted molar refractivity (Wildman–Crippen MR) is 81.4 cm³/mol. The van der Waals surface area contributed by atoms with Gasteiger partial charge in [-0.3, -0.25) is 4.79 Å². The Morgan fingerprint density at radius 3 is 2.86 bits per heavy atom. The second-order valence-corrected chi connectivity index (χ2v) is 5.39. The summed E-state index contributed by atoms with van der Waals surface area (Å²) < 4.78 is 4.77. The Morgan fingerprint density at radius 1 is 1.29 bits per heavy atom. The van der Waals surface area contributed by atoms with Crippen molar-refractivity contribution in [2.75, 3.05) is 19.0 Å². The first kappa shape index (κ1) is 15.5. The molecule has 1 saturated heterocycles. The second kappa shape index (κ2) is 7.22. The van der Waals surface area contributed by atoms with Gasteiger partial charge in [0.05, 0.1) is 24.4 Å². The summed E-state index contributed by atoms with van der Waals surface area (Å²) in [6.45, 7) is 2.75. The van der Waals surface area contributed by atoms with Crippen LogP contribution in [0.15, 0.2) is 18.2 Å². The van der Waals surface area contributed by atoms with Gasteiger partial charge in [0.2, 0.25) is 5.91 Å². The lowest BCUT2D eigenvalue weighted by atomic mass is 10.1. The lowest BCUT2D eigenvalue weighted by Gasteiger charge is -2.17. The first-order chi connectivity index (χ1) is 10.1. The van der Waals surface area contributed by atoms with Crippen molar-refractivity contribution in [3.05, 3.63) is 29.3 Å². The quantitative estimate of drug-likeness (QED) is 0.838. The van der Waals surface area contributed by atoms with Gasteiger partial charge in [-0.05, 0) is 38.4 Å². The second-order valence-electron chi connectivity index (χ2n) is 5.39. The highest BCUT2D eigenvalue weighted by molar-refractivity contribution is 6.02. The van der Waals surface area contributed by atoms with Gasteiger partial charge in [0.25, 0.3) is 0 Å². The van der Waals surface area contributed by atoms with Crippen LogP contribution >= 0.6 is 0 Å². The third-order valence-corrected chi connectivity index (χ3v) is 3.72. The Labute approximate surface area is 125 Å². The predicted octanol–water partition coefficient (Wildman–Crippen LogP) is 2.25. The van der Waals surface area contributed by atoms with E-state index in [2.05, 4.69) is 10.6 Å². The van der Waals surface area contributed by atoms with Crippen LogP contribution in [-0.2, 0) is 9.53 Å². The van der Waals surface area contributed by atoms with Crippen LogP contribution in [0.4, 0.5) is 5.69 Å². The minimum Gasteiger partial charge on any atom is -0.465 e. The largest absolute Gasteiger partial charge is 0.465 e. The van der Waals surface area contributed by atoms with E-state index in [4.69, 9.17) is 4.74 Å². The summed E-state index contributed by atoms with van der Waals surface area (Å²) in [5.74, 6) is -0.534. The highest BCUT2D eigenvalue weighted by Crippen LogP contribution is 2.19. The van der Waals surface area contributed by atoms with Crippen LogP contribution in [0.1, 0.15) is 41.6 Å². The molecule has 114 valence electrons. The third kappa shape index (κ3) is 4.04. The number of amides is 1. The van der Waals surface area contributed by atoms with E-state index in [0.29, 0.717) is 11.3 Å². The minimum absolute atomic E-state index is 0.0918. The van der Waals surface area contributed by atoms with E-state index in [9.17, 15) is 9.59 Å². The molecule has 0 radical (unpaired) electrons. The zero-order valence-corrected chi connectivity index (χ0v) is 12.6. The van der Waals surface area contributed by atoms with Crippen molar-refractivity contribution in [3.63, 3.8) is 0 Å². The van der Waals surface area contributed by atoms with Gasteiger partial charge in [-0.1, -0.05) is 24.5 Å². The standard InChI is InChI=1S/C16H22N2O3/c1-11-7-8-13(12(10-11)16(20)21-2)18-15(19)14-6-4-3-5-9-17-14/h7-8,10,14,17H,3-6,9H2,1-2H3,(H,18,19). The van der Waals surface area contributed by atoms with Crippen LogP contribution in [0.25, 0.3) is 0 Å². The molecule has 1 aromatic carbocycles. The maximum Gasteiger partial charge on any atom is 0.339 e. The SMILES string of the molecule is COC(=O)c1cc(C)ccc1NC(=O)C1CCCCCN1. The molecule has 21 heavy (non-hydrogen) atoms. The molecule has 5 nitrogen and oxygen atoms in total. The maximum atomic E-state index is 12.3. The molecule has 1 aliphatic rings. The van der Waals surface area contributed by atoms with E-state index in [1.807, 2.05) is 13.0 Å². The molecule has 1 aromatic rings. The number of aryl methyl sites for hydroxylation is 1. The maximum absolute atomic E-state index is 12.3. The summed E-state index contributed by atoms with van der Waals surface area (Å²) in [6.07, 6.45) is 4.12. The summed E-state index contributed by atoms with van der Waals surface area (Å²) in [5.41, 5.74) is 1.84. The number of carbonyl (C=O) groups is 2. The first-order valence-corrected chi connectivity index (χ1v) is 7.35. The Kier molecular flexibility index (Phi) is 5.33. The number of rotatable bonds is 3. The fraction of sp³-hybridized carbons (Fsp3) is 0.500. The van der Waals surface area contributed by atoms with E-state index in [0.717, 1.165) is 37.8 Å². The fourth-order valence-corrected chi connectivity index (χ4v) is 2.52. The van der Waals surface area contributed by atoms with Crippen LogP contribution < -0.4 is 10.6 Å². The van der Waals surface area contributed by atoms with Crippen molar-refractivity contribution < 1.29 is 14.3 Å². The van der Waals surface area contributed by atoms with Crippen LogP contribution in [0.5, 0.6) is 0 Å². The number of benzene rings is 1. The molecular formula is C16H22N2O3. The molecular weight excluding hydrogens is 268 g/mol. The van der Waals surface area contributed by atoms with Gasteiger partial charge >= 0.3 is 5.97 Å². The molecule has 5 heteroatoms. The van der Waals surface area contributed by atoms with E-state index >= 15 is 0 Å². The van der Waals surface area contributed by atoms with E-state index < -0.39 is 5.97 Å². The Hall–Kier alpha value is -1.88. The van der Waals surface area contributed by atoms with Gasteiger partial charge in [-0.25, -0.2) is 4.79 Å². The molecule has 0 aliphatic carbocycles. The van der Waals surface area contributed by atoms with Crippen LogP contribution in [-0.4, -0.2) is 31.6 Å². The molecule has 0 bridgehead atoms. The summed E-state index contributed by atoms with van der Waals surface area (Å²) in [4.78, 5) is 24.2. The number of hydrogen-bond donors (Lipinski definition) is 2. The molecule has 0 saturated carbocycles. The van der Waals surface area contributed by atoms with Crippen molar-refractivity contribution in [1.29, 1.82) is 0 Å². The average molecular weight is 290 g/mol. The molecule has 2 N–H and O–H groups in total. The lowest BCUT2D eigenvalue weighted by Crippen LogP contribution is -2.40. The van der Waals surface area contributed by atoms with Crippen molar-refractivity contribution >= 4 is 17.6 Å². The van der Waals surface area contributed by atoms with Gasteiger partial charge in [-0.15, -0.1) is 0 Å². The van der Waals surface area contributed by atoms with Crippen LogP contribution in [0.3, 0.4) is 0 Å². The van der Waals surface area contributed by atoms with Crippen LogP contribution in [0, 0.1) is 6.92 Å². The number of anilines is 1. The normalized spacial score (nSPS) is 18.7. The molecule has 1 atom stereocenters. The topological polar surface area (TPSA) is 67.4 Å². The molecule has 1 amide bonds. The monoisotopic (exact) mass is 290 g/mol. The lowest BCUT2D eigenvalue weighted by molar-refractivity contribution is -0.118. The van der Waals surface area contributed by atoms with E-state index in [-0.39, 0.29) is 11.9 Å². The Morgan fingerprint density at radius 2 is 2.10 bits per heavy atom. The number of esters is 1. The summed E-state index contributed by atoms with van der Waals surface area (Å²) in [6, 6.07) is 5.14. The summed E-state index contributed by atoms with van der Waals surface area (Å²) in [5, 5.41) is 6.10. The molecule has 2 rings (SSSR count). The number of methoxy groups -OCH3 is 1. The summed E-state index contributed by atoms with van der Waals surface area (Å²) >= 11 is 0. The van der Waals surface area contributed by atoms with E-state index in [1.165, 1.54) is 7.11 Å². The molecule has 1 fully saturated rings. The molecule has 1 aliphatic heterocycles. The number of nitrogens with one attached hydrogen (secondary N) is 2.